The van der Waals surface area contributed by atoms with Gasteiger partial charge in [-0.1, -0.05) is 81.0 Å². The number of carboxylic acid groups (broad SMARTS) is 1. The number of hydrogen-bond donors (Lipinski definition) is 3. The minimum absolute atomic E-state index is 0. The molecule has 35 heavy (non-hydrogen) atoms. The number of carboxylic acids is 1. The van der Waals surface area contributed by atoms with E-state index in [1.807, 2.05) is 32.0 Å². The van der Waals surface area contributed by atoms with Gasteiger partial charge in [-0.15, -0.1) is 0 Å². The molecule has 200 valence electrons. The molecule has 13 heteroatoms. The van der Waals surface area contributed by atoms with Gasteiger partial charge in [0.25, 0.3) is 0 Å². The number of carbonyl (C=O) groups is 2. The van der Waals surface area contributed by atoms with Crippen LogP contribution in [-0.4, -0.2) is 65.9 Å². The number of rotatable bonds is 10. The second-order valence-electron chi connectivity index (χ2n) is 7.37. The number of aliphatic carboxylic acids is 1. The molecular weight excluding hydrogens is 542 g/mol. The van der Waals surface area contributed by atoms with Crippen molar-refractivity contribution in [3.8, 4) is 0 Å². The number of carbonyl (C=O) groups excluding carboxylic acids is 1. The predicted octanol–water partition coefficient (Wildman–Crippen LogP) is 0.797. The van der Waals surface area contributed by atoms with Gasteiger partial charge >= 0.3 is 24.8 Å². The standard InChI is InChI=1S/C16H21NO2S2.C6H12O3.Li.H2O.3H2S/c1-2-6-14(18)10-15(19)17-13(11-21-16(17)20)9-12-7-4-3-5-8-12;1-2-3-5(7)4-6(8)9;;;;;/h3-5,7-8,13-14,18H,2,6,9-11H2,1H3;5,7H,2-4H2,1H3,(H,8,9);;4*1H2/q;;+1;;;;/p-1/t13-,14-;5-;;;;;/m00...../s1. The SMILES string of the molecule is CCC[C@H](O)CC(=O)N1C(=S)SC[C@@H]1Cc1ccccc1.CCC[C@H](O)CC(=O)O.S.S.S.[Li+].[OH-]. The Balaban J connectivity index is -0.000000188. The molecule has 1 aromatic carbocycles. The maximum Gasteiger partial charge on any atom is 1.00 e. The van der Waals surface area contributed by atoms with Crippen LogP contribution in [0, 0.1) is 0 Å². The minimum Gasteiger partial charge on any atom is -0.870 e. The largest absolute Gasteiger partial charge is 1.00 e. The summed E-state index contributed by atoms with van der Waals surface area (Å²) in [5.74, 6) is -0.147. The number of thiocarbonyl (C=S) groups is 1. The maximum atomic E-state index is 12.4. The smallest absolute Gasteiger partial charge is 0.870 e. The fourth-order valence-electron chi connectivity index (χ4n) is 3.17. The number of aliphatic hydroxyl groups is 2. The number of benzene rings is 1. The zero-order valence-electron chi connectivity index (χ0n) is 20.6. The van der Waals surface area contributed by atoms with Gasteiger partial charge in [0.15, 0.2) is 0 Å². The molecule has 1 fully saturated rings. The van der Waals surface area contributed by atoms with Crippen molar-refractivity contribution in [2.75, 3.05) is 5.75 Å². The van der Waals surface area contributed by atoms with Gasteiger partial charge in [0, 0.05) is 5.75 Å². The second-order valence-corrected chi connectivity index (χ2v) is 9.03. The van der Waals surface area contributed by atoms with Crippen LogP contribution in [-0.2, 0) is 16.0 Å². The monoisotopic (exact) mass is 581 g/mol. The van der Waals surface area contributed by atoms with Crippen LogP contribution in [0.25, 0.3) is 0 Å². The molecule has 1 heterocycles. The molecule has 2 rings (SSSR count). The summed E-state index contributed by atoms with van der Waals surface area (Å²) in [4.78, 5) is 24.0. The van der Waals surface area contributed by atoms with Gasteiger partial charge < -0.3 is 20.8 Å². The second kappa shape index (κ2) is 25.8. The Bertz CT molecular complexity index is 690. The van der Waals surface area contributed by atoms with Crippen LogP contribution in [0.15, 0.2) is 30.3 Å². The van der Waals surface area contributed by atoms with Crippen LogP contribution in [0.5, 0.6) is 0 Å². The van der Waals surface area contributed by atoms with Gasteiger partial charge in [-0.25, -0.2) is 0 Å². The molecule has 0 aromatic heterocycles. The van der Waals surface area contributed by atoms with Gasteiger partial charge in [-0.3, -0.25) is 14.5 Å². The first-order chi connectivity index (χ1) is 14.3. The van der Waals surface area contributed by atoms with E-state index in [0.29, 0.717) is 17.2 Å². The summed E-state index contributed by atoms with van der Waals surface area (Å²) in [5, 5.41) is 26.8. The van der Waals surface area contributed by atoms with Gasteiger partial charge in [-0.2, -0.15) is 40.5 Å². The van der Waals surface area contributed by atoms with Gasteiger partial charge in [0.1, 0.15) is 4.32 Å². The first-order valence-electron chi connectivity index (χ1n) is 10.4. The molecule has 7 nitrogen and oxygen atoms in total. The van der Waals surface area contributed by atoms with Crippen LogP contribution >= 0.6 is 64.5 Å². The molecule has 0 unspecified atom stereocenters. The van der Waals surface area contributed by atoms with E-state index < -0.39 is 18.2 Å². The average molecular weight is 582 g/mol. The predicted molar refractivity (Wildman–Crippen MR) is 158 cm³/mol. The van der Waals surface area contributed by atoms with Crippen molar-refractivity contribution in [3.05, 3.63) is 35.9 Å². The topological polar surface area (TPSA) is 128 Å². The molecular formula is C22H40LiNO6S5. The summed E-state index contributed by atoms with van der Waals surface area (Å²) < 4.78 is 0.643. The van der Waals surface area contributed by atoms with Gasteiger partial charge in [0.05, 0.1) is 31.1 Å². The van der Waals surface area contributed by atoms with E-state index in [1.165, 1.54) is 5.56 Å². The Labute approximate surface area is 252 Å². The fraction of sp³-hybridized carbons (Fsp3) is 0.591. The third kappa shape index (κ3) is 18.9. The molecule has 0 bridgehead atoms. The van der Waals surface area contributed by atoms with E-state index in [1.54, 1.807) is 16.7 Å². The third-order valence-corrected chi connectivity index (χ3v) is 6.15. The van der Waals surface area contributed by atoms with E-state index >= 15 is 0 Å². The summed E-state index contributed by atoms with van der Waals surface area (Å²) in [6.45, 7) is 3.91. The first-order valence-corrected chi connectivity index (χ1v) is 11.8. The van der Waals surface area contributed by atoms with Crippen LogP contribution in [0.4, 0.5) is 0 Å². The molecule has 0 saturated carbocycles. The van der Waals surface area contributed by atoms with Crippen molar-refractivity contribution in [2.24, 2.45) is 0 Å². The summed E-state index contributed by atoms with van der Waals surface area (Å²) >= 11 is 6.87. The molecule has 0 aliphatic carbocycles. The number of nitrogens with zero attached hydrogens (tertiary/aromatic N) is 1. The van der Waals surface area contributed by atoms with Crippen LogP contribution in [0.1, 0.15) is 57.9 Å². The van der Waals surface area contributed by atoms with E-state index in [9.17, 15) is 14.7 Å². The van der Waals surface area contributed by atoms with Crippen LogP contribution < -0.4 is 18.9 Å². The normalized spacial score (nSPS) is 15.3. The first kappa shape index (κ1) is 45.1. The Morgan fingerprint density at radius 2 is 1.51 bits per heavy atom. The molecule has 0 spiro atoms. The Morgan fingerprint density at radius 1 is 1.03 bits per heavy atom. The van der Waals surface area contributed by atoms with Crippen molar-refractivity contribution in [1.29, 1.82) is 0 Å². The third-order valence-electron chi connectivity index (χ3n) is 4.61. The summed E-state index contributed by atoms with van der Waals surface area (Å²) in [5.41, 5.74) is 1.21. The Morgan fingerprint density at radius 3 is 1.97 bits per heavy atom. The molecule has 1 amide bonds. The van der Waals surface area contributed by atoms with Crippen LogP contribution in [0.3, 0.4) is 0 Å². The quantitative estimate of drug-likeness (QED) is 0.274. The average Bonchev–Trinajstić information content (AvgIpc) is 3.03. The minimum atomic E-state index is -0.934. The van der Waals surface area contributed by atoms with Crippen molar-refractivity contribution in [3.63, 3.8) is 0 Å². The fourth-order valence-corrected chi connectivity index (χ4v) is 4.62. The van der Waals surface area contributed by atoms with E-state index in [2.05, 4.69) is 12.1 Å². The molecule has 1 aliphatic rings. The van der Waals surface area contributed by atoms with Crippen molar-refractivity contribution < 1.29 is 49.2 Å². The maximum absolute atomic E-state index is 12.4. The van der Waals surface area contributed by atoms with E-state index in [4.69, 9.17) is 22.4 Å². The summed E-state index contributed by atoms with van der Waals surface area (Å²) in [6, 6.07) is 10.2. The summed E-state index contributed by atoms with van der Waals surface area (Å²) in [7, 11) is 0. The molecule has 1 aromatic rings. The molecule has 3 atom stereocenters. The number of thioether (sulfide) groups is 1. The van der Waals surface area contributed by atoms with E-state index in [-0.39, 0.29) is 89.6 Å². The molecule has 4 N–H and O–H groups in total. The summed E-state index contributed by atoms with van der Waals surface area (Å²) in [6.07, 6.45) is 2.56. The van der Waals surface area contributed by atoms with Gasteiger partial charge in [0.2, 0.25) is 5.91 Å². The Hall–Kier alpha value is 0.127. The zero-order valence-corrected chi connectivity index (χ0v) is 25.3. The van der Waals surface area contributed by atoms with Crippen molar-refractivity contribution in [2.45, 2.75) is 77.0 Å². The molecule has 0 radical (unpaired) electrons. The van der Waals surface area contributed by atoms with Crippen LogP contribution in [0.2, 0.25) is 0 Å². The number of amides is 1. The number of aliphatic hydroxyl groups excluding tert-OH is 2. The van der Waals surface area contributed by atoms with Crippen molar-refractivity contribution in [1.82, 2.24) is 4.90 Å². The molecule has 1 aliphatic heterocycles. The number of hydrogen-bond acceptors (Lipinski definition) is 7. The van der Waals surface area contributed by atoms with Crippen molar-refractivity contribution >= 4 is 80.7 Å². The Kier molecular flexibility index (Phi) is 33.2. The van der Waals surface area contributed by atoms with Gasteiger partial charge in [-0.05, 0) is 24.8 Å². The molecule has 1 saturated heterocycles. The zero-order chi connectivity index (χ0) is 22.5. The van der Waals surface area contributed by atoms with E-state index in [0.717, 1.165) is 25.0 Å².